The van der Waals surface area contributed by atoms with Gasteiger partial charge in [-0.2, -0.15) is 0 Å². The standard InChI is InChI=1S/C39H48FN3O5SSi/c1-22(2)50(23(3)4,24(5)6)17-13-29-31(40)11-10-26-18-28(47-21-46-8)19-30(32(26)29)35-25(7)34-33(37(45)48-35)36(42-38(41-34)49-9)43-20-27(44)12-14-39(43)15-16-39/h10-11,18-19,22-24,27,44H,12,14-16,20-21H2,1-9H3. The van der Waals surface area contributed by atoms with Crippen molar-refractivity contribution in [3.63, 3.8) is 0 Å². The van der Waals surface area contributed by atoms with Crippen molar-refractivity contribution < 1.29 is 23.4 Å². The smallest absolute Gasteiger partial charge is 0.349 e. The van der Waals surface area contributed by atoms with Gasteiger partial charge in [0.25, 0.3) is 0 Å². The number of thioether (sulfide) groups is 1. The Morgan fingerprint density at radius 3 is 2.42 bits per heavy atom. The largest absolute Gasteiger partial charge is 0.468 e. The third kappa shape index (κ3) is 6.23. The number of benzene rings is 2. The Labute approximate surface area is 299 Å². The van der Waals surface area contributed by atoms with Crippen molar-refractivity contribution in [2.45, 2.75) is 108 Å². The minimum absolute atomic E-state index is 0.00183. The van der Waals surface area contributed by atoms with Gasteiger partial charge >= 0.3 is 5.63 Å². The Balaban J connectivity index is 1.66. The molecule has 1 aliphatic carbocycles. The molecule has 1 spiro atoms. The summed E-state index contributed by atoms with van der Waals surface area (Å²) in [5, 5.41) is 12.7. The van der Waals surface area contributed by atoms with Gasteiger partial charge < -0.3 is 23.9 Å². The fourth-order valence-corrected chi connectivity index (χ4v) is 13.9. The zero-order chi connectivity index (χ0) is 36.1. The third-order valence-electron chi connectivity index (χ3n) is 11.0. The summed E-state index contributed by atoms with van der Waals surface area (Å²) in [5.74, 6) is 4.16. The van der Waals surface area contributed by atoms with Crippen molar-refractivity contribution in [1.82, 2.24) is 9.97 Å². The van der Waals surface area contributed by atoms with E-state index in [0.29, 0.717) is 67.3 Å². The lowest BCUT2D eigenvalue weighted by atomic mass is 9.94. The molecule has 1 saturated heterocycles. The van der Waals surface area contributed by atoms with Gasteiger partial charge in [-0.3, -0.25) is 0 Å². The number of piperidine rings is 1. The maximum Gasteiger partial charge on any atom is 0.349 e. The first-order valence-corrected chi connectivity index (χ1v) is 21.0. The van der Waals surface area contributed by atoms with E-state index in [0.717, 1.165) is 25.7 Å². The Bertz CT molecular complexity index is 2050. The molecule has 2 aliphatic rings. The monoisotopic (exact) mass is 717 g/mol. The first-order valence-electron chi connectivity index (χ1n) is 17.5. The van der Waals surface area contributed by atoms with Gasteiger partial charge in [-0.15, -0.1) is 5.54 Å². The number of ether oxygens (including phenoxy) is 2. The molecule has 2 aromatic heterocycles. The molecule has 266 valence electrons. The lowest BCUT2D eigenvalue weighted by Crippen LogP contribution is -2.48. The summed E-state index contributed by atoms with van der Waals surface area (Å²) >= 11 is 1.39. The van der Waals surface area contributed by atoms with Crippen LogP contribution in [0.1, 0.15) is 78.4 Å². The number of nitrogens with zero attached hydrogens (tertiary/aromatic N) is 3. The van der Waals surface area contributed by atoms with Gasteiger partial charge in [0.1, 0.15) is 36.6 Å². The van der Waals surface area contributed by atoms with Crippen LogP contribution in [-0.2, 0) is 4.74 Å². The van der Waals surface area contributed by atoms with Crippen molar-refractivity contribution in [1.29, 1.82) is 0 Å². The predicted octanol–water partition coefficient (Wildman–Crippen LogP) is 8.62. The van der Waals surface area contributed by atoms with Crippen LogP contribution in [0.5, 0.6) is 5.75 Å². The minimum atomic E-state index is -2.23. The number of methoxy groups -OCH3 is 1. The van der Waals surface area contributed by atoms with Crippen molar-refractivity contribution in [2.75, 3.05) is 31.6 Å². The summed E-state index contributed by atoms with van der Waals surface area (Å²) in [4.78, 5) is 26.0. The van der Waals surface area contributed by atoms with E-state index in [-0.39, 0.29) is 29.0 Å². The van der Waals surface area contributed by atoms with Gasteiger partial charge in [-0.25, -0.2) is 19.2 Å². The molecule has 0 radical (unpaired) electrons. The van der Waals surface area contributed by atoms with Gasteiger partial charge in [-0.1, -0.05) is 65.3 Å². The second-order valence-electron chi connectivity index (χ2n) is 14.8. The summed E-state index contributed by atoms with van der Waals surface area (Å²) in [5.41, 5.74) is 5.89. The van der Waals surface area contributed by atoms with Gasteiger partial charge in [-0.05, 0) is 79.1 Å². The Morgan fingerprint density at radius 2 is 1.80 bits per heavy atom. The molecule has 0 bridgehead atoms. The predicted molar refractivity (Wildman–Crippen MR) is 202 cm³/mol. The number of anilines is 1. The molecule has 8 nitrogen and oxygen atoms in total. The summed E-state index contributed by atoms with van der Waals surface area (Å²) < 4.78 is 33.5. The Hall–Kier alpha value is -3.43. The molecule has 2 aromatic carbocycles. The van der Waals surface area contributed by atoms with E-state index < -0.39 is 25.6 Å². The van der Waals surface area contributed by atoms with E-state index in [1.54, 1.807) is 19.2 Å². The summed E-state index contributed by atoms with van der Waals surface area (Å²) in [6, 6.07) is 6.74. The second-order valence-corrected chi connectivity index (χ2v) is 21.2. The topological polar surface area (TPSA) is 97.9 Å². The van der Waals surface area contributed by atoms with Crippen molar-refractivity contribution in [3.8, 4) is 28.5 Å². The molecule has 1 N–H and O–H groups in total. The lowest BCUT2D eigenvalue weighted by molar-refractivity contribution is 0.0512. The fraction of sp³-hybridized carbons (Fsp3) is 0.513. The second kappa shape index (κ2) is 13.9. The summed E-state index contributed by atoms with van der Waals surface area (Å²) in [6.45, 7) is 15.6. The molecule has 0 amide bonds. The average molecular weight is 718 g/mol. The van der Waals surface area contributed by atoms with E-state index in [1.165, 1.54) is 17.8 Å². The van der Waals surface area contributed by atoms with E-state index in [1.807, 2.05) is 19.2 Å². The molecule has 1 unspecified atom stereocenters. The van der Waals surface area contributed by atoms with Crippen LogP contribution in [0, 0.1) is 24.2 Å². The van der Waals surface area contributed by atoms with Crippen LogP contribution in [0.3, 0.4) is 0 Å². The van der Waals surface area contributed by atoms with Crippen molar-refractivity contribution in [3.05, 3.63) is 51.6 Å². The zero-order valence-electron chi connectivity index (χ0n) is 30.6. The quantitative estimate of drug-likeness (QED) is 0.0600. The van der Waals surface area contributed by atoms with Crippen LogP contribution in [0.2, 0.25) is 16.6 Å². The molecule has 6 rings (SSSR count). The number of fused-ring (bicyclic) bond motifs is 2. The summed E-state index contributed by atoms with van der Waals surface area (Å²) in [6.07, 6.45) is 4.89. The molecular weight excluding hydrogens is 670 g/mol. The van der Waals surface area contributed by atoms with Gasteiger partial charge in [0.05, 0.1) is 17.2 Å². The van der Waals surface area contributed by atoms with Crippen LogP contribution in [0.25, 0.3) is 33.0 Å². The highest BCUT2D eigenvalue weighted by atomic mass is 32.2. The van der Waals surface area contributed by atoms with Crippen LogP contribution < -0.4 is 15.3 Å². The number of aliphatic hydroxyl groups is 1. The third-order valence-corrected chi connectivity index (χ3v) is 17.9. The van der Waals surface area contributed by atoms with Crippen LogP contribution in [0.15, 0.2) is 38.6 Å². The molecule has 1 saturated carbocycles. The number of halogens is 1. The van der Waals surface area contributed by atoms with Gasteiger partial charge in [0.15, 0.2) is 11.9 Å². The molecule has 2 fully saturated rings. The number of hydrogen-bond donors (Lipinski definition) is 1. The molecule has 1 aliphatic heterocycles. The molecule has 1 atom stereocenters. The van der Waals surface area contributed by atoms with Crippen LogP contribution in [0.4, 0.5) is 10.2 Å². The first-order chi connectivity index (χ1) is 23.8. The van der Waals surface area contributed by atoms with Crippen molar-refractivity contribution in [2.24, 2.45) is 0 Å². The summed E-state index contributed by atoms with van der Waals surface area (Å²) in [7, 11) is -0.690. The van der Waals surface area contributed by atoms with Gasteiger partial charge in [0, 0.05) is 35.7 Å². The van der Waals surface area contributed by atoms with E-state index in [4.69, 9.17) is 23.9 Å². The molecule has 4 aromatic rings. The van der Waals surface area contributed by atoms with E-state index in [2.05, 4.69) is 57.9 Å². The van der Waals surface area contributed by atoms with Crippen LogP contribution in [-0.4, -0.2) is 61.5 Å². The number of β-amino-alcohol motifs (C(OH)–C–C–N with tert-alkyl or cyclic N) is 1. The highest BCUT2D eigenvalue weighted by molar-refractivity contribution is 7.98. The average Bonchev–Trinajstić information content (AvgIpc) is 3.86. The fourth-order valence-electron chi connectivity index (χ4n) is 8.33. The first kappa shape index (κ1) is 36.4. The molecule has 11 heteroatoms. The molecule has 3 heterocycles. The number of aryl methyl sites for hydroxylation is 1. The lowest BCUT2D eigenvalue weighted by Gasteiger charge is -2.40. The number of aromatic nitrogens is 2. The number of rotatable bonds is 9. The maximum atomic E-state index is 16.1. The zero-order valence-corrected chi connectivity index (χ0v) is 32.4. The Morgan fingerprint density at radius 1 is 1.10 bits per heavy atom. The van der Waals surface area contributed by atoms with E-state index >= 15 is 4.39 Å². The van der Waals surface area contributed by atoms with Gasteiger partial charge in [0.2, 0.25) is 0 Å². The number of hydrogen-bond acceptors (Lipinski definition) is 9. The van der Waals surface area contributed by atoms with E-state index in [9.17, 15) is 9.90 Å². The SMILES string of the molecule is COCOc1cc(-c2oc(=O)c3c(N4CC(O)CCC45CC5)nc(SC)nc3c2C)c2c(C#C[Si](C(C)C)(C(C)C)C(C)C)c(F)ccc2c1. The number of aliphatic hydroxyl groups excluding tert-OH is 1. The normalized spacial score (nSPS) is 17.3. The minimum Gasteiger partial charge on any atom is -0.468 e. The molecular formula is C39H48FN3O5SSi. The Kier molecular flexibility index (Phi) is 10.1. The van der Waals surface area contributed by atoms with Crippen LogP contribution >= 0.6 is 11.8 Å². The maximum absolute atomic E-state index is 16.1. The highest BCUT2D eigenvalue weighted by Gasteiger charge is 2.52. The van der Waals surface area contributed by atoms with Crippen molar-refractivity contribution >= 4 is 47.3 Å². The molecule has 50 heavy (non-hydrogen) atoms. The highest BCUT2D eigenvalue weighted by Crippen LogP contribution is 2.51.